The fourth-order valence-corrected chi connectivity index (χ4v) is 3.00. The molecular formula is C7H12N2OS2. The van der Waals surface area contributed by atoms with Crippen LogP contribution in [-0.2, 0) is 4.79 Å². The molecule has 0 aromatic rings. The van der Waals surface area contributed by atoms with Crippen molar-refractivity contribution in [1.82, 2.24) is 0 Å². The smallest absolute Gasteiger partial charge is 0.218 e. The van der Waals surface area contributed by atoms with Crippen LogP contribution in [0.2, 0.25) is 0 Å². The minimum absolute atomic E-state index is 0.237. The Hall–Kier alpha value is -0.160. The summed E-state index contributed by atoms with van der Waals surface area (Å²) < 4.78 is 1.10. The Morgan fingerprint density at radius 2 is 2.67 bits per heavy atom. The van der Waals surface area contributed by atoms with Crippen molar-refractivity contribution in [3.8, 4) is 0 Å². The summed E-state index contributed by atoms with van der Waals surface area (Å²) in [5.74, 6) is 1.59. The van der Waals surface area contributed by atoms with E-state index in [1.54, 1.807) is 23.5 Å². The minimum Gasteiger partial charge on any atom is -0.370 e. The zero-order valence-electron chi connectivity index (χ0n) is 6.95. The fraction of sp³-hybridized carbons (Fsp3) is 0.714. The molecule has 0 spiro atoms. The normalized spacial score (nSPS) is 22.4. The number of thioether (sulfide) groups is 2. The Balaban J connectivity index is 2.15. The van der Waals surface area contributed by atoms with E-state index in [0.29, 0.717) is 12.5 Å². The van der Waals surface area contributed by atoms with Gasteiger partial charge in [0.2, 0.25) is 5.91 Å². The first-order valence-corrected chi connectivity index (χ1v) is 5.77. The molecule has 0 saturated carbocycles. The van der Waals surface area contributed by atoms with E-state index < -0.39 is 0 Å². The Labute approximate surface area is 80.6 Å². The predicted molar refractivity (Wildman–Crippen MR) is 55.6 cm³/mol. The summed E-state index contributed by atoms with van der Waals surface area (Å²) in [7, 11) is 0. The quantitative estimate of drug-likeness (QED) is 0.748. The molecule has 5 heteroatoms. The van der Waals surface area contributed by atoms with Gasteiger partial charge in [0.05, 0.1) is 6.04 Å². The van der Waals surface area contributed by atoms with Crippen LogP contribution in [0.25, 0.3) is 0 Å². The number of primary amides is 1. The van der Waals surface area contributed by atoms with Crippen LogP contribution in [0.3, 0.4) is 0 Å². The van der Waals surface area contributed by atoms with Gasteiger partial charge in [0.25, 0.3) is 0 Å². The first kappa shape index (κ1) is 9.92. The highest BCUT2D eigenvalue weighted by molar-refractivity contribution is 8.39. The van der Waals surface area contributed by atoms with Gasteiger partial charge in [-0.15, -0.1) is 0 Å². The zero-order valence-corrected chi connectivity index (χ0v) is 8.58. The number of aliphatic imine (C=N–C) groups is 1. The molecule has 2 N–H and O–H groups in total. The Morgan fingerprint density at radius 1 is 1.92 bits per heavy atom. The third-order valence-electron chi connectivity index (χ3n) is 1.35. The van der Waals surface area contributed by atoms with E-state index in [0.717, 1.165) is 15.9 Å². The topological polar surface area (TPSA) is 55.5 Å². The molecule has 68 valence electrons. The van der Waals surface area contributed by atoms with Crippen LogP contribution < -0.4 is 5.73 Å². The number of amides is 1. The zero-order chi connectivity index (χ0) is 8.97. The first-order valence-electron chi connectivity index (χ1n) is 3.80. The number of nitrogens with zero attached hydrogens (tertiary/aromatic N) is 1. The second-order valence-electron chi connectivity index (χ2n) is 2.62. The van der Waals surface area contributed by atoms with Crippen LogP contribution in [0.15, 0.2) is 4.99 Å². The predicted octanol–water partition coefficient (Wildman–Crippen LogP) is 1.09. The molecule has 12 heavy (non-hydrogen) atoms. The molecule has 0 fully saturated rings. The summed E-state index contributed by atoms with van der Waals surface area (Å²) in [6.07, 6.45) is 0.443. The molecule has 3 nitrogen and oxygen atoms in total. The molecule has 1 aliphatic heterocycles. The van der Waals surface area contributed by atoms with Crippen LogP contribution in [0, 0.1) is 0 Å². The molecule has 1 heterocycles. The maximum Gasteiger partial charge on any atom is 0.218 e. The summed E-state index contributed by atoms with van der Waals surface area (Å²) in [4.78, 5) is 14.8. The second kappa shape index (κ2) is 4.77. The molecule has 0 radical (unpaired) electrons. The van der Waals surface area contributed by atoms with E-state index in [4.69, 9.17) is 5.73 Å². The molecule has 0 saturated heterocycles. The van der Waals surface area contributed by atoms with Crippen molar-refractivity contribution in [2.24, 2.45) is 10.7 Å². The van der Waals surface area contributed by atoms with Crippen LogP contribution >= 0.6 is 23.5 Å². The van der Waals surface area contributed by atoms with E-state index >= 15 is 0 Å². The van der Waals surface area contributed by atoms with Gasteiger partial charge in [-0.3, -0.25) is 9.79 Å². The van der Waals surface area contributed by atoms with Crippen LogP contribution in [-0.4, -0.2) is 27.8 Å². The summed E-state index contributed by atoms with van der Waals surface area (Å²) >= 11 is 3.39. The van der Waals surface area contributed by atoms with Gasteiger partial charge in [-0.25, -0.2) is 0 Å². The van der Waals surface area contributed by atoms with Crippen molar-refractivity contribution < 1.29 is 4.79 Å². The average molecular weight is 204 g/mol. The molecule has 1 aliphatic rings. The number of hydrogen-bond donors (Lipinski definition) is 1. The molecular weight excluding hydrogens is 192 g/mol. The van der Waals surface area contributed by atoms with E-state index in [9.17, 15) is 4.79 Å². The van der Waals surface area contributed by atoms with Crippen molar-refractivity contribution >= 4 is 33.8 Å². The largest absolute Gasteiger partial charge is 0.370 e. The molecule has 0 aromatic carbocycles. The highest BCUT2D eigenvalue weighted by Crippen LogP contribution is 2.25. The van der Waals surface area contributed by atoms with E-state index in [-0.39, 0.29) is 5.91 Å². The Bertz CT molecular complexity index is 206. The van der Waals surface area contributed by atoms with Crippen LogP contribution in [0.4, 0.5) is 0 Å². The maximum atomic E-state index is 10.4. The Kier molecular flexibility index (Phi) is 3.94. The molecule has 1 atom stereocenters. The van der Waals surface area contributed by atoms with Gasteiger partial charge in [-0.1, -0.05) is 23.5 Å². The highest BCUT2D eigenvalue weighted by Gasteiger charge is 2.13. The number of carbonyl (C=O) groups is 1. The minimum atomic E-state index is -0.237. The lowest BCUT2D eigenvalue weighted by molar-refractivity contribution is -0.117. The van der Waals surface area contributed by atoms with Gasteiger partial charge < -0.3 is 5.73 Å². The van der Waals surface area contributed by atoms with Crippen molar-refractivity contribution in [3.05, 3.63) is 0 Å². The Morgan fingerprint density at radius 3 is 3.17 bits per heavy atom. The van der Waals surface area contributed by atoms with Crippen molar-refractivity contribution in [3.63, 3.8) is 0 Å². The third-order valence-corrected chi connectivity index (χ3v) is 3.82. The molecule has 1 rings (SSSR count). The lowest BCUT2D eigenvalue weighted by atomic mass is 10.4. The summed E-state index contributed by atoms with van der Waals surface area (Å²) in [5, 5.41) is 0. The maximum absolute atomic E-state index is 10.4. The van der Waals surface area contributed by atoms with E-state index in [2.05, 4.69) is 11.9 Å². The summed E-state index contributed by atoms with van der Waals surface area (Å²) in [6.45, 7) is 2.09. The number of rotatable bonds is 3. The summed E-state index contributed by atoms with van der Waals surface area (Å²) in [5.41, 5.74) is 5.01. The lowest BCUT2D eigenvalue weighted by Crippen LogP contribution is -2.11. The lowest BCUT2D eigenvalue weighted by Gasteiger charge is -1.95. The number of carbonyl (C=O) groups excluding carboxylic acids is 1. The summed E-state index contributed by atoms with van der Waals surface area (Å²) in [6, 6.07) is 0.436. The average Bonchev–Trinajstić information content (AvgIpc) is 2.35. The first-order chi connectivity index (χ1) is 5.68. The van der Waals surface area contributed by atoms with Gasteiger partial charge in [0, 0.05) is 17.9 Å². The molecule has 0 aromatic heterocycles. The van der Waals surface area contributed by atoms with Gasteiger partial charge in [-0.05, 0) is 6.92 Å². The molecule has 1 amide bonds. The molecule has 0 aliphatic carbocycles. The number of hydrogen-bond acceptors (Lipinski definition) is 4. The van der Waals surface area contributed by atoms with Gasteiger partial charge in [0.1, 0.15) is 4.38 Å². The number of nitrogens with two attached hydrogens (primary N) is 1. The molecule has 0 unspecified atom stereocenters. The van der Waals surface area contributed by atoms with Crippen molar-refractivity contribution in [2.45, 2.75) is 19.4 Å². The monoisotopic (exact) mass is 204 g/mol. The highest BCUT2D eigenvalue weighted by atomic mass is 32.2. The van der Waals surface area contributed by atoms with Gasteiger partial charge >= 0.3 is 0 Å². The SMILES string of the molecule is C[C@@H]1CSC(SCCC(N)=O)=N1. The van der Waals surface area contributed by atoms with Crippen molar-refractivity contribution in [2.75, 3.05) is 11.5 Å². The van der Waals surface area contributed by atoms with Crippen molar-refractivity contribution in [1.29, 1.82) is 0 Å². The third kappa shape index (κ3) is 3.49. The van der Waals surface area contributed by atoms with E-state index in [1.807, 2.05) is 0 Å². The van der Waals surface area contributed by atoms with Crippen LogP contribution in [0.5, 0.6) is 0 Å². The standard InChI is InChI=1S/C7H12N2OS2/c1-5-4-12-7(9-5)11-3-2-6(8)10/h5H,2-4H2,1H3,(H2,8,10)/t5-/m1/s1. The van der Waals surface area contributed by atoms with E-state index in [1.165, 1.54) is 0 Å². The van der Waals surface area contributed by atoms with Crippen LogP contribution in [0.1, 0.15) is 13.3 Å². The van der Waals surface area contributed by atoms with Gasteiger partial charge in [0.15, 0.2) is 0 Å². The fourth-order valence-electron chi connectivity index (χ4n) is 0.764. The van der Waals surface area contributed by atoms with Gasteiger partial charge in [-0.2, -0.15) is 0 Å². The molecule has 0 bridgehead atoms. The second-order valence-corrected chi connectivity index (χ2v) is 4.97.